The third kappa shape index (κ3) is 3.49. The van der Waals surface area contributed by atoms with Gasteiger partial charge in [0.15, 0.2) is 14.9 Å². The number of aliphatic imine (C=N–C) groups is 1. The number of thiophene rings is 1. The third-order valence-electron chi connectivity index (χ3n) is 3.95. The molecule has 0 aliphatic carbocycles. The highest BCUT2D eigenvalue weighted by Gasteiger charge is 2.36. The molecule has 1 aromatic heterocycles. The lowest BCUT2D eigenvalue weighted by atomic mass is 10.1. The maximum absolute atomic E-state index is 12.5. The van der Waals surface area contributed by atoms with Gasteiger partial charge in [-0.25, -0.2) is 8.42 Å². The summed E-state index contributed by atoms with van der Waals surface area (Å²) in [5, 5.41) is 0.00269. The van der Waals surface area contributed by atoms with Gasteiger partial charge in [-0.3, -0.25) is 4.79 Å². The Kier molecular flexibility index (Phi) is 5.55. The second kappa shape index (κ2) is 7.04. The van der Waals surface area contributed by atoms with E-state index in [9.17, 15) is 13.2 Å². The number of nitrogens with zero attached hydrogens (tertiary/aromatic N) is 1. The third-order valence-corrected chi connectivity index (χ3v) is 6.68. The van der Waals surface area contributed by atoms with E-state index in [4.69, 9.17) is 0 Å². The molecule has 1 aliphatic rings. The van der Waals surface area contributed by atoms with Crippen LogP contribution in [0.4, 0.5) is 0 Å². The van der Waals surface area contributed by atoms with Crippen LogP contribution in [-0.2, 0) is 9.84 Å². The van der Waals surface area contributed by atoms with Gasteiger partial charge in [-0.2, -0.15) is 4.99 Å². The maximum atomic E-state index is 12.5. The van der Waals surface area contributed by atoms with Crippen LogP contribution < -0.4 is 0 Å². The molecule has 0 aromatic carbocycles. The van der Waals surface area contributed by atoms with Gasteiger partial charge >= 0.3 is 0 Å². The quantitative estimate of drug-likeness (QED) is 0.703. The molecule has 2 heterocycles. The van der Waals surface area contributed by atoms with Crippen molar-refractivity contribution in [2.75, 3.05) is 5.75 Å². The van der Waals surface area contributed by atoms with Crippen LogP contribution >= 0.6 is 11.3 Å². The Hall–Kier alpha value is -1.01. The van der Waals surface area contributed by atoms with Gasteiger partial charge < -0.3 is 0 Å². The first-order valence-corrected chi connectivity index (χ1v) is 10.3. The molecule has 1 aliphatic heterocycles. The van der Waals surface area contributed by atoms with Crippen molar-refractivity contribution in [2.45, 2.75) is 59.3 Å². The number of aryl methyl sites for hydroxylation is 2. The van der Waals surface area contributed by atoms with Crippen molar-refractivity contribution in [3.63, 3.8) is 0 Å². The second-order valence-electron chi connectivity index (χ2n) is 5.77. The fourth-order valence-electron chi connectivity index (χ4n) is 2.80. The van der Waals surface area contributed by atoms with Crippen LogP contribution in [0.5, 0.6) is 0 Å². The molecule has 0 fully saturated rings. The summed E-state index contributed by atoms with van der Waals surface area (Å²) in [5.41, 5.74) is 1.04. The predicted molar refractivity (Wildman–Crippen MR) is 91.8 cm³/mol. The van der Waals surface area contributed by atoms with Crippen molar-refractivity contribution >= 4 is 32.1 Å². The van der Waals surface area contributed by atoms with Crippen molar-refractivity contribution in [2.24, 2.45) is 4.99 Å². The van der Waals surface area contributed by atoms with Gasteiger partial charge in [-0.05, 0) is 20.3 Å². The number of hydrogen-bond donors (Lipinski definition) is 0. The minimum absolute atomic E-state index is 0.00269. The number of carbonyl (C=O) groups excluding carboxylic acids is 1. The molecule has 0 saturated heterocycles. The minimum atomic E-state index is -3.47. The molecule has 0 spiro atoms. The summed E-state index contributed by atoms with van der Waals surface area (Å²) in [7, 11) is -3.47. The molecule has 2 rings (SSSR count). The van der Waals surface area contributed by atoms with Crippen molar-refractivity contribution in [1.29, 1.82) is 0 Å². The largest absolute Gasteiger partial charge is 0.280 e. The lowest BCUT2D eigenvalue weighted by molar-refractivity contribution is 0.101. The molecule has 1 aromatic rings. The van der Waals surface area contributed by atoms with Gasteiger partial charge in [0.2, 0.25) is 0 Å². The zero-order chi connectivity index (χ0) is 16.3. The highest BCUT2D eigenvalue weighted by Crippen LogP contribution is 2.34. The fourth-order valence-corrected chi connectivity index (χ4v) is 5.48. The van der Waals surface area contributed by atoms with E-state index in [2.05, 4.69) is 11.9 Å². The van der Waals surface area contributed by atoms with Gasteiger partial charge in [0.05, 0.1) is 11.3 Å². The monoisotopic (exact) mass is 341 g/mol. The topological polar surface area (TPSA) is 63.6 Å². The van der Waals surface area contributed by atoms with Crippen LogP contribution in [0.25, 0.3) is 0 Å². The van der Waals surface area contributed by atoms with Crippen molar-refractivity contribution < 1.29 is 13.2 Å². The number of hydrogen-bond acceptors (Lipinski definition) is 4. The lowest BCUT2D eigenvalue weighted by Crippen LogP contribution is -2.18. The average molecular weight is 341 g/mol. The van der Waals surface area contributed by atoms with Crippen LogP contribution in [0.2, 0.25) is 0 Å². The van der Waals surface area contributed by atoms with E-state index < -0.39 is 15.7 Å². The standard InChI is InChI=1S/C16H23NO3S2/c1-4-5-6-7-8-9-10-22(19,20)16-14-12(3)21-11(2)13(14)15(18)17-16/h4-10H2,1-3H3. The Morgan fingerprint density at radius 1 is 0.955 bits per heavy atom. The van der Waals surface area contributed by atoms with E-state index >= 15 is 0 Å². The average Bonchev–Trinajstić information content (AvgIpc) is 2.94. The van der Waals surface area contributed by atoms with E-state index in [0.29, 0.717) is 17.5 Å². The first-order valence-electron chi connectivity index (χ1n) is 7.84. The summed E-state index contributed by atoms with van der Waals surface area (Å²) in [6.45, 7) is 5.85. The second-order valence-corrected chi connectivity index (χ2v) is 9.23. The molecule has 0 atom stereocenters. The number of sulfone groups is 1. The summed E-state index contributed by atoms with van der Waals surface area (Å²) in [5.74, 6) is -0.322. The Balaban J connectivity index is 2.06. The van der Waals surface area contributed by atoms with E-state index in [1.165, 1.54) is 24.2 Å². The Bertz CT molecular complexity index is 699. The smallest absolute Gasteiger partial charge is 0.267 e. The molecule has 0 unspecified atom stereocenters. The molecule has 22 heavy (non-hydrogen) atoms. The number of rotatable bonds is 7. The van der Waals surface area contributed by atoms with E-state index in [1.54, 1.807) is 0 Å². The molecular weight excluding hydrogens is 318 g/mol. The van der Waals surface area contributed by atoms with Crippen LogP contribution in [0.3, 0.4) is 0 Å². The highest BCUT2D eigenvalue weighted by atomic mass is 32.2. The molecular formula is C16H23NO3S2. The first kappa shape index (κ1) is 17.3. The van der Waals surface area contributed by atoms with E-state index in [0.717, 1.165) is 29.0 Å². The first-order chi connectivity index (χ1) is 10.4. The van der Waals surface area contributed by atoms with Gasteiger partial charge in [-0.1, -0.05) is 39.0 Å². The van der Waals surface area contributed by atoms with E-state index in [1.807, 2.05) is 13.8 Å². The normalized spacial score (nSPS) is 14.3. The zero-order valence-electron chi connectivity index (χ0n) is 13.4. The van der Waals surface area contributed by atoms with Gasteiger partial charge in [0, 0.05) is 15.3 Å². The van der Waals surface area contributed by atoms with E-state index in [-0.39, 0.29) is 10.8 Å². The molecule has 1 amide bonds. The number of amides is 1. The molecule has 4 nitrogen and oxygen atoms in total. The molecule has 122 valence electrons. The number of unbranched alkanes of at least 4 members (excludes halogenated alkanes) is 5. The minimum Gasteiger partial charge on any atom is -0.267 e. The van der Waals surface area contributed by atoms with Crippen molar-refractivity contribution in [3.05, 3.63) is 20.9 Å². The molecule has 0 bridgehead atoms. The summed E-state index contributed by atoms with van der Waals surface area (Å²) >= 11 is 1.47. The SMILES string of the molecule is CCCCCCCCS(=O)(=O)C1=NC(=O)c2c(C)sc(C)c21. The summed E-state index contributed by atoms with van der Waals surface area (Å²) in [6, 6.07) is 0. The highest BCUT2D eigenvalue weighted by molar-refractivity contribution is 8.07. The maximum Gasteiger partial charge on any atom is 0.280 e. The predicted octanol–water partition coefficient (Wildman–Crippen LogP) is 4.04. The van der Waals surface area contributed by atoms with Crippen molar-refractivity contribution in [1.82, 2.24) is 0 Å². The molecule has 0 saturated carbocycles. The molecule has 6 heteroatoms. The van der Waals surface area contributed by atoms with Gasteiger partial charge in [0.25, 0.3) is 5.91 Å². The summed E-state index contributed by atoms with van der Waals surface area (Å²) in [6.07, 6.45) is 6.15. The fraction of sp³-hybridized carbons (Fsp3) is 0.625. The summed E-state index contributed by atoms with van der Waals surface area (Å²) < 4.78 is 25.0. The lowest BCUT2D eigenvalue weighted by Gasteiger charge is -2.05. The Morgan fingerprint density at radius 2 is 1.55 bits per heavy atom. The Labute approximate surface area is 136 Å². The summed E-state index contributed by atoms with van der Waals surface area (Å²) in [4.78, 5) is 17.5. The molecule has 0 N–H and O–H groups in total. The van der Waals surface area contributed by atoms with Gasteiger partial charge in [-0.15, -0.1) is 11.3 Å². The van der Waals surface area contributed by atoms with Crippen LogP contribution in [0.15, 0.2) is 4.99 Å². The van der Waals surface area contributed by atoms with Crippen LogP contribution in [0, 0.1) is 13.8 Å². The number of fused-ring (bicyclic) bond motifs is 1. The van der Waals surface area contributed by atoms with Crippen LogP contribution in [0.1, 0.15) is 71.1 Å². The molecule has 0 radical (unpaired) electrons. The van der Waals surface area contributed by atoms with Crippen molar-refractivity contribution in [3.8, 4) is 0 Å². The van der Waals surface area contributed by atoms with Gasteiger partial charge in [0.1, 0.15) is 0 Å². The van der Waals surface area contributed by atoms with Crippen LogP contribution in [-0.4, -0.2) is 25.1 Å². The Morgan fingerprint density at radius 3 is 2.23 bits per heavy atom. The number of carbonyl (C=O) groups is 1. The zero-order valence-corrected chi connectivity index (χ0v) is 15.1.